The first kappa shape index (κ1) is 24.2. The van der Waals surface area contributed by atoms with Gasteiger partial charge in [0.15, 0.2) is 0 Å². The highest BCUT2D eigenvalue weighted by atomic mass is 32.2. The van der Waals surface area contributed by atoms with Crippen LogP contribution in [0.3, 0.4) is 0 Å². The van der Waals surface area contributed by atoms with Crippen LogP contribution in [0.2, 0.25) is 0 Å². The van der Waals surface area contributed by atoms with Gasteiger partial charge in [-0.1, -0.05) is 36.5 Å². The molecular formula is C28H26N6O3S. The van der Waals surface area contributed by atoms with Crippen LogP contribution in [0.5, 0.6) is 0 Å². The minimum atomic E-state index is -0.558. The first-order valence-corrected chi connectivity index (χ1v) is 13.4. The monoisotopic (exact) mass is 526 g/mol. The predicted molar refractivity (Wildman–Crippen MR) is 145 cm³/mol. The molecule has 2 N–H and O–H groups in total. The van der Waals surface area contributed by atoms with E-state index in [1.165, 1.54) is 17.8 Å². The SMILES string of the molecule is C=CC(=O)N1CCCC(NC(=O)[C@@H]2Sc3nccc4c3C2NC(=O)N4c2cccc(-c3cccnc3)c2)C1. The molecule has 0 aliphatic carbocycles. The van der Waals surface area contributed by atoms with Crippen molar-refractivity contribution in [2.24, 2.45) is 0 Å². The minimum Gasteiger partial charge on any atom is -0.351 e. The highest BCUT2D eigenvalue weighted by Gasteiger charge is 2.47. The topological polar surface area (TPSA) is 108 Å². The van der Waals surface area contributed by atoms with Crippen molar-refractivity contribution >= 4 is 41.0 Å². The normalized spacial score (nSPS) is 21.9. The minimum absolute atomic E-state index is 0.132. The maximum absolute atomic E-state index is 13.5. The maximum Gasteiger partial charge on any atom is 0.327 e. The van der Waals surface area contributed by atoms with Gasteiger partial charge in [-0.25, -0.2) is 9.78 Å². The van der Waals surface area contributed by atoms with E-state index >= 15 is 0 Å². The Balaban J connectivity index is 1.26. The van der Waals surface area contributed by atoms with Gasteiger partial charge in [0, 0.05) is 48.8 Å². The maximum atomic E-state index is 13.5. The summed E-state index contributed by atoms with van der Waals surface area (Å²) >= 11 is 1.36. The Hall–Kier alpha value is -4.18. The van der Waals surface area contributed by atoms with Crippen molar-refractivity contribution in [3.8, 4) is 11.1 Å². The third kappa shape index (κ3) is 4.30. The van der Waals surface area contributed by atoms with Gasteiger partial charge in [0.05, 0.1) is 17.4 Å². The number of piperidine rings is 1. The number of nitrogens with zero attached hydrogens (tertiary/aromatic N) is 4. The van der Waals surface area contributed by atoms with E-state index in [0.29, 0.717) is 18.8 Å². The first-order valence-electron chi connectivity index (χ1n) is 12.5. The summed E-state index contributed by atoms with van der Waals surface area (Å²) in [7, 11) is 0. The van der Waals surface area contributed by atoms with Crippen LogP contribution in [-0.2, 0) is 9.59 Å². The number of rotatable bonds is 5. The molecule has 3 aliphatic rings. The number of likely N-dealkylation sites (tertiary alicyclic amines) is 1. The Morgan fingerprint density at radius 1 is 1.16 bits per heavy atom. The van der Waals surface area contributed by atoms with Crippen molar-refractivity contribution in [3.05, 3.63) is 79.3 Å². The third-order valence-electron chi connectivity index (χ3n) is 7.12. The number of thioether (sulfide) groups is 1. The van der Waals surface area contributed by atoms with Gasteiger partial charge in [0.1, 0.15) is 10.3 Å². The summed E-state index contributed by atoms with van der Waals surface area (Å²) < 4.78 is 0. The Bertz CT molecular complexity index is 1430. The summed E-state index contributed by atoms with van der Waals surface area (Å²) in [6, 6.07) is 12.4. The number of hydrogen-bond acceptors (Lipinski definition) is 6. The van der Waals surface area contributed by atoms with Crippen molar-refractivity contribution in [2.75, 3.05) is 18.0 Å². The van der Waals surface area contributed by atoms with Gasteiger partial charge in [-0.3, -0.25) is 19.5 Å². The van der Waals surface area contributed by atoms with Gasteiger partial charge in [-0.2, -0.15) is 0 Å². The van der Waals surface area contributed by atoms with Crippen molar-refractivity contribution in [2.45, 2.75) is 35.2 Å². The summed E-state index contributed by atoms with van der Waals surface area (Å²) in [6.07, 6.45) is 8.08. The number of hydrogen-bond donors (Lipinski definition) is 2. The average Bonchev–Trinajstić information content (AvgIpc) is 3.33. The highest BCUT2D eigenvalue weighted by molar-refractivity contribution is 8.01. The lowest BCUT2D eigenvalue weighted by molar-refractivity contribution is -0.129. The number of aromatic nitrogens is 2. The lowest BCUT2D eigenvalue weighted by atomic mass is 9.98. The molecule has 6 rings (SSSR count). The number of carbonyl (C=O) groups is 3. The number of anilines is 2. The largest absolute Gasteiger partial charge is 0.351 e. The van der Waals surface area contributed by atoms with E-state index in [1.54, 1.807) is 28.4 Å². The molecule has 38 heavy (non-hydrogen) atoms. The fourth-order valence-electron chi connectivity index (χ4n) is 5.35. The lowest BCUT2D eigenvalue weighted by Crippen LogP contribution is -2.53. The van der Waals surface area contributed by atoms with E-state index in [1.807, 2.05) is 42.5 Å². The molecule has 0 bridgehead atoms. The fraction of sp³-hybridized carbons (Fsp3) is 0.250. The molecule has 5 heterocycles. The molecular weight excluding hydrogens is 500 g/mol. The number of urea groups is 1. The van der Waals surface area contributed by atoms with Gasteiger partial charge in [-0.05, 0) is 48.7 Å². The third-order valence-corrected chi connectivity index (χ3v) is 8.41. The van der Waals surface area contributed by atoms with Crippen LogP contribution in [0.25, 0.3) is 11.1 Å². The van der Waals surface area contributed by atoms with Crippen LogP contribution < -0.4 is 15.5 Å². The van der Waals surface area contributed by atoms with Crippen LogP contribution in [0.1, 0.15) is 24.4 Å². The average molecular weight is 527 g/mol. The van der Waals surface area contributed by atoms with Gasteiger partial charge >= 0.3 is 6.03 Å². The number of amides is 4. The zero-order valence-electron chi connectivity index (χ0n) is 20.5. The number of benzene rings is 1. The van der Waals surface area contributed by atoms with Crippen LogP contribution in [-0.4, -0.2) is 57.1 Å². The van der Waals surface area contributed by atoms with Gasteiger partial charge < -0.3 is 15.5 Å². The molecule has 1 aromatic carbocycles. The number of nitrogens with one attached hydrogen (secondary N) is 2. The zero-order chi connectivity index (χ0) is 26.2. The standard InChI is InChI=1S/C28H26N6O3S/c1-2-22(35)33-13-5-8-19(16-33)31-26(36)25-24-23-21(10-12-30-27(23)38-25)34(28(37)32-24)20-9-3-6-17(14-20)18-7-4-11-29-15-18/h2-4,6-7,9-12,14-15,19,24-25H,1,5,8,13,16H2,(H,31,36)(H,32,37)/t19?,24?,25-/m1/s1. The van der Waals surface area contributed by atoms with E-state index in [2.05, 4.69) is 27.2 Å². The molecule has 10 heteroatoms. The number of carbonyl (C=O) groups excluding carboxylic acids is 3. The quantitative estimate of drug-likeness (QED) is 0.490. The molecule has 2 aromatic heterocycles. The Kier molecular flexibility index (Phi) is 6.32. The first-order chi connectivity index (χ1) is 18.5. The summed E-state index contributed by atoms with van der Waals surface area (Å²) in [5.41, 5.74) is 4.17. The van der Waals surface area contributed by atoms with Gasteiger partial charge in [-0.15, -0.1) is 0 Å². The molecule has 3 aliphatic heterocycles. The zero-order valence-corrected chi connectivity index (χ0v) is 21.4. The summed E-state index contributed by atoms with van der Waals surface area (Å²) in [5.74, 6) is -0.304. The second-order valence-corrected chi connectivity index (χ2v) is 10.6. The smallest absolute Gasteiger partial charge is 0.327 e. The molecule has 4 amide bonds. The van der Waals surface area contributed by atoms with Crippen LogP contribution in [0.15, 0.2) is 78.7 Å². The molecule has 3 aromatic rings. The van der Waals surface area contributed by atoms with E-state index in [4.69, 9.17) is 0 Å². The summed E-state index contributed by atoms with van der Waals surface area (Å²) in [5, 5.41) is 6.34. The molecule has 192 valence electrons. The Labute approximate surface area is 224 Å². The van der Waals surface area contributed by atoms with E-state index in [-0.39, 0.29) is 23.9 Å². The van der Waals surface area contributed by atoms with E-state index in [9.17, 15) is 14.4 Å². The summed E-state index contributed by atoms with van der Waals surface area (Å²) in [6.45, 7) is 4.67. The van der Waals surface area contributed by atoms with E-state index < -0.39 is 11.3 Å². The van der Waals surface area contributed by atoms with Crippen LogP contribution >= 0.6 is 11.8 Å². The van der Waals surface area contributed by atoms with Crippen molar-refractivity contribution in [1.82, 2.24) is 25.5 Å². The number of pyridine rings is 2. The summed E-state index contributed by atoms with van der Waals surface area (Å²) in [4.78, 5) is 51.1. The molecule has 2 unspecified atom stereocenters. The van der Waals surface area contributed by atoms with Crippen molar-refractivity contribution in [3.63, 3.8) is 0 Å². The van der Waals surface area contributed by atoms with Crippen LogP contribution in [0.4, 0.5) is 16.2 Å². The molecule has 3 atom stereocenters. The molecule has 0 radical (unpaired) electrons. The van der Waals surface area contributed by atoms with Crippen molar-refractivity contribution < 1.29 is 14.4 Å². The van der Waals surface area contributed by atoms with Crippen LogP contribution in [0, 0.1) is 0 Å². The second-order valence-electron chi connectivity index (χ2n) is 9.48. The van der Waals surface area contributed by atoms with Crippen molar-refractivity contribution in [1.29, 1.82) is 0 Å². The fourth-order valence-corrected chi connectivity index (χ4v) is 6.58. The van der Waals surface area contributed by atoms with E-state index in [0.717, 1.165) is 40.2 Å². The lowest BCUT2D eigenvalue weighted by Gasteiger charge is -2.35. The molecule has 1 fully saturated rings. The molecule has 1 saturated heterocycles. The molecule has 9 nitrogen and oxygen atoms in total. The molecule has 0 spiro atoms. The predicted octanol–water partition coefficient (Wildman–Crippen LogP) is 3.81. The molecule has 0 saturated carbocycles. The highest BCUT2D eigenvalue weighted by Crippen LogP contribution is 2.50. The Morgan fingerprint density at radius 3 is 2.84 bits per heavy atom. The van der Waals surface area contributed by atoms with Gasteiger partial charge in [0.2, 0.25) is 11.8 Å². The van der Waals surface area contributed by atoms with Gasteiger partial charge in [0.25, 0.3) is 0 Å². The second kappa shape index (κ2) is 9.94. The Morgan fingerprint density at radius 2 is 2.03 bits per heavy atom.